The average Bonchev–Trinajstić information content (AvgIpc) is 3.16. The van der Waals surface area contributed by atoms with E-state index in [2.05, 4.69) is 39.8 Å². The Balaban J connectivity index is 0.00000242. The molecule has 5 nitrogen and oxygen atoms in total. The van der Waals surface area contributed by atoms with Gasteiger partial charge in [-0.05, 0) is 26.2 Å². The van der Waals surface area contributed by atoms with Gasteiger partial charge in [0.15, 0.2) is 11.1 Å². The first-order chi connectivity index (χ1) is 10.2. The first-order valence-electron chi connectivity index (χ1n) is 7.89. The number of aromatic nitrogens is 1. The zero-order valence-corrected chi connectivity index (χ0v) is 16.9. The van der Waals surface area contributed by atoms with Crippen LogP contribution in [0.3, 0.4) is 0 Å². The Morgan fingerprint density at radius 3 is 2.82 bits per heavy atom. The van der Waals surface area contributed by atoms with Crippen LogP contribution >= 0.6 is 35.3 Å². The van der Waals surface area contributed by atoms with Gasteiger partial charge >= 0.3 is 0 Å². The lowest BCUT2D eigenvalue weighted by Gasteiger charge is -2.16. The molecule has 1 aliphatic rings. The molecule has 0 radical (unpaired) electrons. The highest BCUT2D eigenvalue weighted by atomic mass is 127. The van der Waals surface area contributed by atoms with E-state index in [1.165, 1.54) is 23.7 Å². The molecule has 1 atom stereocenters. The fraction of sp³-hybridized carbons (Fsp3) is 0.733. The summed E-state index contributed by atoms with van der Waals surface area (Å²) in [7, 11) is 1.81. The van der Waals surface area contributed by atoms with Crippen LogP contribution in [-0.2, 0) is 6.42 Å². The van der Waals surface area contributed by atoms with Crippen molar-refractivity contribution in [3.63, 3.8) is 0 Å². The molecule has 0 aliphatic carbocycles. The number of anilines is 1. The third kappa shape index (κ3) is 5.91. The predicted molar refractivity (Wildman–Crippen MR) is 107 cm³/mol. The van der Waals surface area contributed by atoms with Crippen LogP contribution in [0.1, 0.15) is 38.8 Å². The Morgan fingerprint density at radius 2 is 2.18 bits per heavy atom. The Kier molecular flexibility index (Phi) is 9.08. The van der Waals surface area contributed by atoms with Crippen molar-refractivity contribution in [1.29, 1.82) is 0 Å². The summed E-state index contributed by atoms with van der Waals surface area (Å²) in [4.78, 5) is 11.4. The van der Waals surface area contributed by atoms with E-state index >= 15 is 0 Å². The maximum absolute atomic E-state index is 4.74. The summed E-state index contributed by atoms with van der Waals surface area (Å²) in [6.45, 7) is 7.52. The monoisotopic (exact) mass is 437 g/mol. The van der Waals surface area contributed by atoms with E-state index < -0.39 is 0 Å². The molecular weight excluding hydrogens is 409 g/mol. The smallest absolute Gasteiger partial charge is 0.191 e. The Bertz CT molecular complexity index is 457. The number of hydrogen-bond donors (Lipinski definition) is 2. The molecule has 1 aromatic rings. The van der Waals surface area contributed by atoms with Crippen molar-refractivity contribution in [2.24, 2.45) is 4.99 Å². The highest BCUT2D eigenvalue weighted by Crippen LogP contribution is 2.24. The molecule has 1 aromatic heterocycles. The van der Waals surface area contributed by atoms with Crippen molar-refractivity contribution < 1.29 is 0 Å². The van der Waals surface area contributed by atoms with Crippen molar-refractivity contribution in [2.45, 2.75) is 45.6 Å². The fourth-order valence-electron chi connectivity index (χ4n) is 2.30. The fourth-order valence-corrected chi connectivity index (χ4v) is 3.22. The summed E-state index contributed by atoms with van der Waals surface area (Å²) < 4.78 is 0. The van der Waals surface area contributed by atoms with Gasteiger partial charge in [-0.2, -0.15) is 0 Å². The number of rotatable bonds is 6. The van der Waals surface area contributed by atoms with Crippen LogP contribution in [0.15, 0.2) is 10.4 Å². The molecule has 126 valence electrons. The van der Waals surface area contributed by atoms with Gasteiger partial charge in [0.2, 0.25) is 0 Å². The lowest BCUT2D eigenvalue weighted by molar-refractivity contribution is 0.623. The molecule has 2 N–H and O–H groups in total. The number of nitrogens with one attached hydrogen (secondary N) is 2. The van der Waals surface area contributed by atoms with E-state index in [-0.39, 0.29) is 24.0 Å². The van der Waals surface area contributed by atoms with E-state index in [0.717, 1.165) is 38.4 Å². The van der Waals surface area contributed by atoms with Crippen molar-refractivity contribution in [3.8, 4) is 0 Å². The molecule has 2 rings (SSSR count). The second kappa shape index (κ2) is 10.3. The van der Waals surface area contributed by atoms with Crippen molar-refractivity contribution in [1.82, 2.24) is 15.6 Å². The first kappa shape index (κ1) is 19.5. The largest absolute Gasteiger partial charge is 0.356 e. The van der Waals surface area contributed by atoms with Crippen LogP contribution in [0.25, 0.3) is 0 Å². The van der Waals surface area contributed by atoms with E-state index in [1.807, 2.05) is 7.05 Å². The molecule has 1 saturated heterocycles. The van der Waals surface area contributed by atoms with Crippen molar-refractivity contribution in [2.75, 3.05) is 31.6 Å². The van der Waals surface area contributed by atoms with E-state index in [9.17, 15) is 0 Å². The maximum atomic E-state index is 4.74. The summed E-state index contributed by atoms with van der Waals surface area (Å²) in [5.74, 6) is 0.874. The maximum Gasteiger partial charge on any atom is 0.191 e. The van der Waals surface area contributed by atoms with Gasteiger partial charge in [-0.1, -0.05) is 6.92 Å². The van der Waals surface area contributed by atoms with Gasteiger partial charge in [-0.25, -0.2) is 4.98 Å². The normalized spacial score (nSPS) is 16.3. The van der Waals surface area contributed by atoms with Gasteiger partial charge < -0.3 is 15.5 Å². The summed E-state index contributed by atoms with van der Waals surface area (Å²) in [5, 5.41) is 10.1. The van der Waals surface area contributed by atoms with Crippen LogP contribution in [0, 0.1) is 0 Å². The SMILES string of the molecule is CCC(C)NC(=NC)NCCc1csc(N2CCCC2)n1.I. The average molecular weight is 437 g/mol. The summed E-state index contributed by atoms with van der Waals surface area (Å²) >= 11 is 1.77. The minimum Gasteiger partial charge on any atom is -0.356 e. The summed E-state index contributed by atoms with van der Waals surface area (Å²) in [6.07, 6.45) is 4.62. The number of thiazole rings is 1. The van der Waals surface area contributed by atoms with Crippen molar-refractivity contribution in [3.05, 3.63) is 11.1 Å². The second-order valence-electron chi connectivity index (χ2n) is 5.52. The van der Waals surface area contributed by atoms with Crippen molar-refractivity contribution >= 4 is 46.4 Å². The molecule has 22 heavy (non-hydrogen) atoms. The van der Waals surface area contributed by atoms with Gasteiger partial charge in [-0.3, -0.25) is 4.99 Å². The molecule has 0 bridgehead atoms. The van der Waals surface area contributed by atoms with Crippen LogP contribution in [0.5, 0.6) is 0 Å². The lowest BCUT2D eigenvalue weighted by Crippen LogP contribution is -2.42. The number of hydrogen-bond acceptors (Lipinski definition) is 4. The van der Waals surface area contributed by atoms with Crippen LogP contribution < -0.4 is 15.5 Å². The zero-order valence-electron chi connectivity index (χ0n) is 13.8. The molecule has 1 aliphatic heterocycles. The molecule has 1 unspecified atom stereocenters. The van der Waals surface area contributed by atoms with Crippen LogP contribution in [-0.4, -0.2) is 43.7 Å². The Labute approximate surface area is 155 Å². The molecule has 0 amide bonds. The molecule has 7 heteroatoms. The van der Waals surface area contributed by atoms with Crippen LogP contribution in [0.4, 0.5) is 5.13 Å². The van der Waals surface area contributed by atoms with E-state index in [1.54, 1.807) is 11.3 Å². The quantitative estimate of drug-likeness (QED) is 0.408. The topological polar surface area (TPSA) is 52.6 Å². The molecule has 0 spiro atoms. The number of halogens is 1. The van der Waals surface area contributed by atoms with Gasteiger partial charge in [0.25, 0.3) is 0 Å². The summed E-state index contributed by atoms with van der Waals surface area (Å²) in [6, 6.07) is 0.442. The third-order valence-corrected chi connectivity index (χ3v) is 4.76. The van der Waals surface area contributed by atoms with Gasteiger partial charge in [0.1, 0.15) is 0 Å². The highest BCUT2D eigenvalue weighted by Gasteiger charge is 2.15. The predicted octanol–water partition coefficient (Wildman–Crippen LogP) is 2.87. The van der Waals surface area contributed by atoms with Gasteiger partial charge in [0.05, 0.1) is 5.69 Å². The van der Waals surface area contributed by atoms with Gasteiger partial charge in [-0.15, -0.1) is 35.3 Å². The highest BCUT2D eigenvalue weighted by molar-refractivity contribution is 14.0. The second-order valence-corrected chi connectivity index (χ2v) is 6.35. The number of guanidine groups is 1. The van der Waals surface area contributed by atoms with Crippen LogP contribution in [0.2, 0.25) is 0 Å². The summed E-state index contributed by atoms with van der Waals surface area (Å²) in [5.41, 5.74) is 1.17. The number of nitrogens with zero attached hydrogens (tertiary/aromatic N) is 3. The Hall–Kier alpha value is -0.570. The minimum atomic E-state index is 0. The van der Waals surface area contributed by atoms with E-state index in [4.69, 9.17) is 4.98 Å². The van der Waals surface area contributed by atoms with Gasteiger partial charge in [0, 0.05) is 44.5 Å². The molecular formula is C15H28IN5S. The zero-order chi connectivity index (χ0) is 15.1. The third-order valence-electron chi connectivity index (χ3n) is 3.81. The lowest BCUT2D eigenvalue weighted by atomic mass is 10.3. The molecule has 0 saturated carbocycles. The molecule has 0 aromatic carbocycles. The number of aliphatic imine (C=N–C) groups is 1. The minimum absolute atomic E-state index is 0. The standard InChI is InChI=1S/C15H27N5S.HI/c1-4-12(2)18-14(16-3)17-8-7-13-11-21-15(19-13)20-9-5-6-10-20;/h11-12H,4-10H2,1-3H3,(H2,16,17,18);1H. The first-order valence-corrected chi connectivity index (χ1v) is 8.77. The molecule has 2 heterocycles. The molecule has 1 fully saturated rings. The Morgan fingerprint density at radius 1 is 1.45 bits per heavy atom. The van der Waals surface area contributed by atoms with E-state index in [0.29, 0.717) is 6.04 Å².